The van der Waals surface area contributed by atoms with Gasteiger partial charge in [-0.2, -0.15) is 0 Å². The molecule has 9 aromatic rings. The lowest BCUT2D eigenvalue weighted by Gasteiger charge is -2.21. The van der Waals surface area contributed by atoms with Crippen molar-refractivity contribution in [3.05, 3.63) is 192 Å². The summed E-state index contributed by atoms with van der Waals surface area (Å²) in [4.78, 5) is 0. The number of rotatable bonds is 7. The normalized spacial score (nSPS) is 11.7. The molecule has 0 heterocycles. The molecule has 0 atom stereocenters. The van der Waals surface area contributed by atoms with Gasteiger partial charge in [-0.3, -0.25) is 0 Å². The summed E-state index contributed by atoms with van der Waals surface area (Å²) in [6.45, 7) is 20.5. The highest BCUT2D eigenvalue weighted by Gasteiger charge is 2.20. The van der Waals surface area contributed by atoms with Gasteiger partial charge in [-0.15, -0.1) is 0 Å². The molecule has 0 heteroatoms. The summed E-state index contributed by atoms with van der Waals surface area (Å²) < 4.78 is 0. The molecule has 0 saturated carbocycles. The molecule has 0 nitrogen and oxygen atoms in total. The van der Waals surface area contributed by atoms with E-state index in [1.54, 1.807) is 0 Å². The molecule has 0 bridgehead atoms. The number of hydrogen-bond donors (Lipinski definition) is 0. The zero-order valence-electron chi connectivity index (χ0n) is 36.4. The van der Waals surface area contributed by atoms with Crippen molar-refractivity contribution in [1.29, 1.82) is 0 Å². The SMILES string of the molecule is CC(C)c1ccc2c(c1)c(-c1ccccc1)c(-c1ccccc1)c1cc(C(C)C)ccc12.Cc1c(-c2ccccc2)c2cc(C(C)C)ccc2c2ccc(C(C)C)cc12. The third kappa shape index (κ3) is 7.70. The van der Waals surface area contributed by atoms with Crippen LogP contribution in [0.15, 0.2) is 164 Å². The molecule has 0 fully saturated rings. The third-order valence-corrected chi connectivity index (χ3v) is 12.4. The van der Waals surface area contributed by atoms with Crippen molar-refractivity contribution in [2.45, 2.75) is 86.0 Å². The van der Waals surface area contributed by atoms with E-state index in [0.29, 0.717) is 23.7 Å². The predicted molar refractivity (Wildman–Crippen MR) is 260 cm³/mol. The Hall–Kier alpha value is -5.98. The monoisotopic (exact) mass is 766 g/mol. The van der Waals surface area contributed by atoms with Gasteiger partial charge in [0.1, 0.15) is 0 Å². The molecular formula is C59H58. The fraction of sp³-hybridized carbons (Fsp3) is 0.220. The lowest BCUT2D eigenvalue weighted by Crippen LogP contribution is -1.95. The smallest absolute Gasteiger partial charge is 0.00202 e. The first-order chi connectivity index (χ1) is 28.5. The first-order valence-corrected chi connectivity index (χ1v) is 21.7. The average molecular weight is 767 g/mol. The highest BCUT2D eigenvalue weighted by atomic mass is 14.2. The second kappa shape index (κ2) is 16.7. The molecule has 0 unspecified atom stereocenters. The van der Waals surface area contributed by atoms with Crippen LogP contribution in [-0.2, 0) is 0 Å². The molecular weight excluding hydrogens is 709 g/mol. The van der Waals surface area contributed by atoms with Crippen LogP contribution < -0.4 is 0 Å². The van der Waals surface area contributed by atoms with E-state index in [4.69, 9.17) is 0 Å². The Kier molecular flexibility index (Phi) is 11.3. The molecule has 0 aliphatic heterocycles. The molecule has 0 aliphatic rings. The topological polar surface area (TPSA) is 0 Å². The fourth-order valence-corrected chi connectivity index (χ4v) is 8.95. The summed E-state index contributed by atoms with van der Waals surface area (Å²) in [5.74, 6) is 2.04. The average Bonchev–Trinajstić information content (AvgIpc) is 3.26. The third-order valence-electron chi connectivity index (χ3n) is 12.4. The highest BCUT2D eigenvalue weighted by molar-refractivity contribution is 6.22. The van der Waals surface area contributed by atoms with Gasteiger partial charge in [0.25, 0.3) is 0 Å². The van der Waals surface area contributed by atoms with E-state index in [1.807, 2.05) is 0 Å². The van der Waals surface area contributed by atoms with Gasteiger partial charge in [0, 0.05) is 0 Å². The van der Waals surface area contributed by atoms with E-state index in [0.717, 1.165) is 0 Å². The van der Waals surface area contributed by atoms with Crippen LogP contribution in [0.3, 0.4) is 0 Å². The molecule has 0 aromatic heterocycles. The first-order valence-electron chi connectivity index (χ1n) is 21.7. The maximum atomic E-state index is 2.42. The van der Waals surface area contributed by atoms with Crippen LogP contribution >= 0.6 is 0 Å². The second-order valence-electron chi connectivity index (χ2n) is 17.7. The summed E-state index contributed by atoms with van der Waals surface area (Å²) in [6, 6.07) is 60.8. The van der Waals surface area contributed by atoms with Gasteiger partial charge in [0.15, 0.2) is 0 Å². The van der Waals surface area contributed by atoms with Crippen LogP contribution in [0.5, 0.6) is 0 Å². The van der Waals surface area contributed by atoms with E-state index >= 15 is 0 Å². The Morgan fingerprint density at radius 1 is 0.254 bits per heavy atom. The van der Waals surface area contributed by atoms with Crippen molar-refractivity contribution < 1.29 is 0 Å². The van der Waals surface area contributed by atoms with Crippen molar-refractivity contribution in [1.82, 2.24) is 0 Å². The van der Waals surface area contributed by atoms with Crippen LogP contribution in [-0.4, -0.2) is 0 Å². The summed E-state index contributed by atoms with van der Waals surface area (Å²) in [5, 5.41) is 10.8. The van der Waals surface area contributed by atoms with Crippen molar-refractivity contribution >= 4 is 43.1 Å². The van der Waals surface area contributed by atoms with Crippen LogP contribution in [0.4, 0.5) is 0 Å². The molecule has 0 radical (unpaired) electrons. The zero-order chi connectivity index (χ0) is 41.4. The van der Waals surface area contributed by atoms with Crippen molar-refractivity contribution in [3.63, 3.8) is 0 Å². The molecule has 294 valence electrons. The fourth-order valence-electron chi connectivity index (χ4n) is 8.95. The summed E-state index contributed by atoms with van der Waals surface area (Å²) in [6.07, 6.45) is 0. The Morgan fingerprint density at radius 3 is 0.814 bits per heavy atom. The van der Waals surface area contributed by atoms with Gasteiger partial charge in [0.05, 0.1) is 0 Å². The van der Waals surface area contributed by atoms with Gasteiger partial charge < -0.3 is 0 Å². The van der Waals surface area contributed by atoms with Crippen LogP contribution in [0, 0.1) is 6.92 Å². The standard InChI is InChI=1S/C32H30.C27H28/c1-21(2)25-15-17-27-28-18-16-26(22(3)4)20-30(28)32(24-13-9-6-10-14-24)31(29(27)19-25)23-11-7-5-8-12-23;1-17(2)21-11-13-23-24-14-12-22(18(3)4)16-26(24)27(19(5)25(23)15-21)20-9-7-6-8-10-20/h5-22H,1-4H3;6-18H,1-5H3. The van der Waals surface area contributed by atoms with Gasteiger partial charge >= 0.3 is 0 Å². The highest BCUT2D eigenvalue weighted by Crippen LogP contribution is 2.46. The summed E-state index contributed by atoms with van der Waals surface area (Å²) in [7, 11) is 0. The molecule has 59 heavy (non-hydrogen) atoms. The minimum Gasteiger partial charge on any atom is -0.0622 e. The predicted octanol–water partition coefficient (Wildman–Crippen LogP) is 17.8. The Morgan fingerprint density at radius 2 is 0.508 bits per heavy atom. The zero-order valence-corrected chi connectivity index (χ0v) is 36.4. The molecule has 0 N–H and O–H groups in total. The Balaban J connectivity index is 0.000000167. The minimum absolute atomic E-state index is 0.488. The maximum absolute atomic E-state index is 2.42. The van der Waals surface area contributed by atoms with Gasteiger partial charge in [-0.1, -0.05) is 219 Å². The van der Waals surface area contributed by atoms with Crippen molar-refractivity contribution in [2.75, 3.05) is 0 Å². The largest absolute Gasteiger partial charge is 0.0622 e. The van der Waals surface area contributed by atoms with Crippen molar-refractivity contribution in [2.24, 2.45) is 0 Å². The lowest BCUT2D eigenvalue weighted by molar-refractivity contribution is 0.868. The first kappa shape index (κ1) is 39.8. The van der Waals surface area contributed by atoms with Crippen LogP contribution in [0.1, 0.15) is 107 Å². The minimum atomic E-state index is 0.488. The van der Waals surface area contributed by atoms with E-state index in [9.17, 15) is 0 Å². The van der Waals surface area contributed by atoms with E-state index in [2.05, 4.69) is 226 Å². The van der Waals surface area contributed by atoms with Gasteiger partial charge in [-0.25, -0.2) is 0 Å². The lowest BCUT2D eigenvalue weighted by atomic mass is 9.83. The number of hydrogen-bond acceptors (Lipinski definition) is 0. The van der Waals surface area contributed by atoms with Crippen LogP contribution in [0.2, 0.25) is 0 Å². The van der Waals surface area contributed by atoms with Crippen molar-refractivity contribution in [3.8, 4) is 33.4 Å². The maximum Gasteiger partial charge on any atom is -0.00202 e. The molecule has 9 rings (SSSR count). The molecule has 0 amide bonds. The quantitative estimate of drug-likeness (QED) is 0.142. The summed E-state index contributed by atoms with van der Waals surface area (Å²) in [5.41, 5.74) is 14.8. The number of benzene rings is 9. The van der Waals surface area contributed by atoms with E-state index in [-0.39, 0.29) is 0 Å². The molecule has 0 aliphatic carbocycles. The summed E-state index contributed by atoms with van der Waals surface area (Å²) >= 11 is 0. The molecule has 0 saturated heterocycles. The van der Waals surface area contributed by atoms with E-state index < -0.39 is 0 Å². The Labute approximate surface area is 352 Å². The van der Waals surface area contributed by atoms with Gasteiger partial charge in [-0.05, 0) is 135 Å². The number of aryl methyl sites for hydroxylation is 1. The van der Waals surface area contributed by atoms with Gasteiger partial charge in [0.2, 0.25) is 0 Å². The second-order valence-corrected chi connectivity index (χ2v) is 17.7. The number of fused-ring (bicyclic) bond motifs is 6. The van der Waals surface area contributed by atoms with Crippen LogP contribution in [0.25, 0.3) is 76.5 Å². The van der Waals surface area contributed by atoms with E-state index in [1.165, 1.54) is 104 Å². The molecule has 9 aromatic carbocycles. The Bertz CT molecular complexity index is 2800. The molecule has 0 spiro atoms.